The Morgan fingerprint density at radius 3 is 2.47 bits per heavy atom. The van der Waals surface area contributed by atoms with Crippen LogP contribution in [0.5, 0.6) is 5.75 Å². The van der Waals surface area contributed by atoms with Crippen molar-refractivity contribution in [1.29, 1.82) is 0 Å². The largest absolute Gasteiger partial charge is 0.508 e. The number of anilines is 2. The second kappa shape index (κ2) is 4.73. The number of aromatic nitrogens is 4. The third kappa shape index (κ3) is 2.49. The Kier molecular flexibility index (Phi) is 2.77. The Balaban J connectivity index is 1.82. The predicted octanol–water partition coefficient (Wildman–Crippen LogP) is 1.98. The van der Waals surface area contributed by atoms with E-state index in [0.717, 1.165) is 0 Å². The number of phenols is 1. The molecule has 0 spiro atoms. The number of rotatable bonds is 3. The van der Waals surface area contributed by atoms with Gasteiger partial charge >= 0.3 is 6.01 Å². The topological polar surface area (TPSA) is 97.0 Å². The van der Waals surface area contributed by atoms with Crippen LogP contribution >= 0.6 is 0 Å². The smallest absolute Gasteiger partial charge is 0.322 e. The first-order valence-electron chi connectivity index (χ1n) is 5.48. The molecule has 0 radical (unpaired) electrons. The third-order valence-corrected chi connectivity index (χ3v) is 2.32. The molecule has 0 aliphatic rings. The van der Waals surface area contributed by atoms with Crippen LogP contribution in [0, 0.1) is 0 Å². The molecule has 1 aromatic carbocycles. The van der Waals surface area contributed by atoms with Crippen molar-refractivity contribution in [3.05, 3.63) is 42.7 Å². The molecule has 2 heterocycles. The lowest BCUT2D eigenvalue weighted by Gasteiger charge is -1.97. The predicted molar refractivity (Wildman–Crippen MR) is 66.7 cm³/mol. The molecular formula is C12H9N5O2. The maximum atomic E-state index is 9.21. The number of nitrogens with zero attached hydrogens (tertiary/aromatic N) is 4. The third-order valence-electron chi connectivity index (χ3n) is 2.32. The zero-order chi connectivity index (χ0) is 13.1. The summed E-state index contributed by atoms with van der Waals surface area (Å²) in [5, 5.41) is 19.7. The van der Waals surface area contributed by atoms with Gasteiger partial charge in [0, 0.05) is 18.0 Å². The molecule has 2 N–H and O–H groups in total. The Morgan fingerprint density at radius 2 is 1.74 bits per heavy atom. The van der Waals surface area contributed by atoms with E-state index >= 15 is 0 Å². The quantitative estimate of drug-likeness (QED) is 0.738. The van der Waals surface area contributed by atoms with Crippen LogP contribution in [0.1, 0.15) is 0 Å². The highest BCUT2D eigenvalue weighted by Gasteiger charge is 2.09. The fourth-order valence-electron chi connectivity index (χ4n) is 1.45. The van der Waals surface area contributed by atoms with Gasteiger partial charge in [0.2, 0.25) is 11.8 Å². The molecule has 0 atom stereocenters. The number of benzene rings is 1. The van der Waals surface area contributed by atoms with Crippen molar-refractivity contribution >= 4 is 12.0 Å². The van der Waals surface area contributed by atoms with E-state index in [0.29, 0.717) is 17.4 Å². The summed E-state index contributed by atoms with van der Waals surface area (Å²) in [5.41, 5.74) is 0.715. The maximum Gasteiger partial charge on any atom is 0.322 e. The van der Waals surface area contributed by atoms with Gasteiger partial charge < -0.3 is 9.52 Å². The highest BCUT2D eigenvalue weighted by atomic mass is 16.4. The lowest BCUT2D eigenvalue weighted by Crippen LogP contribution is -1.95. The summed E-state index contributed by atoms with van der Waals surface area (Å²) in [6.07, 6.45) is 3.21. The number of hydrogen-bond acceptors (Lipinski definition) is 7. The molecule has 2 aromatic heterocycles. The van der Waals surface area contributed by atoms with Gasteiger partial charge in [-0.05, 0) is 30.3 Å². The van der Waals surface area contributed by atoms with Crippen molar-refractivity contribution in [3.8, 4) is 17.2 Å². The van der Waals surface area contributed by atoms with Crippen LogP contribution in [0.2, 0.25) is 0 Å². The molecule has 0 amide bonds. The van der Waals surface area contributed by atoms with E-state index in [1.165, 1.54) is 0 Å². The Bertz CT molecular complexity index is 666. The fourth-order valence-corrected chi connectivity index (χ4v) is 1.45. The van der Waals surface area contributed by atoms with E-state index < -0.39 is 0 Å². The van der Waals surface area contributed by atoms with Crippen molar-refractivity contribution < 1.29 is 9.52 Å². The SMILES string of the molecule is Oc1ccc(-c2nnc(Nc3ncccn3)o2)cc1. The van der Waals surface area contributed by atoms with Crippen molar-refractivity contribution in [1.82, 2.24) is 20.2 Å². The Morgan fingerprint density at radius 1 is 1.00 bits per heavy atom. The summed E-state index contributed by atoms with van der Waals surface area (Å²) in [5.74, 6) is 0.904. The highest BCUT2D eigenvalue weighted by Crippen LogP contribution is 2.22. The highest BCUT2D eigenvalue weighted by molar-refractivity contribution is 5.55. The zero-order valence-corrected chi connectivity index (χ0v) is 9.69. The molecule has 0 bridgehead atoms. The normalized spacial score (nSPS) is 10.3. The first kappa shape index (κ1) is 11.1. The number of phenolic OH excluding ortho intramolecular Hbond substituents is 1. The Hall–Kier alpha value is -2.96. The molecule has 3 aromatic rings. The van der Waals surface area contributed by atoms with Gasteiger partial charge in [0.05, 0.1) is 0 Å². The minimum Gasteiger partial charge on any atom is -0.508 e. The standard InChI is InChI=1S/C12H9N5O2/c18-9-4-2-8(3-5-9)10-16-17-12(19-10)15-11-13-6-1-7-14-11/h1-7,18H,(H,13,14,15,17). The van der Waals surface area contributed by atoms with Crippen molar-refractivity contribution in [2.45, 2.75) is 0 Å². The molecule has 7 heteroatoms. The molecule has 0 aliphatic heterocycles. The second-order valence-electron chi connectivity index (χ2n) is 3.66. The van der Waals surface area contributed by atoms with Gasteiger partial charge in [-0.3, -0.25) is 5.32 Å². The molecule has 0 aliphatic carbocycles. The number of nitrogens with one attached hydrogen (secondary N) is 1. The van der Waals surface area contributed by atoms with Crippen LogP contribution in [-0.4, -0.2) is 25.3 Å². The number of hydrogen-bond donors (Lipinski definition) is 2. The fraction of sp³-hybridized carbons (Fsp3) is 0. The van der Waals surface area contributed by atoms with Crippen LogP contribution in [0.25, 0.3) is 11.5 Å². The summed E-state index contributed by atoms with van der Waals surface area (Å²) in [6.45, 7) is 0. The van der Waals surface area contributed by atoms with E-state index in [9.17, 15) is 5.11 Å². The molecule has 19 heavy (non-hydrogen) atoms. The molecule has 0 saturated heterocycles. The van der Waals surface area contributed by atoms with Crippen LogP contribution in [-0.2, 0) is 0 Å². The molecule has 0 fully saturated rings. The van der Waals surface area contributed by atoms with E-state index in [1.807, 2.05) is 0 Å². The number of aromatic hydroxyl groups is 1. The van der Waals surface area contributed by atoms with E-state index in [2.05, 4.69) is 25.5 Å². The first-order chi connectivity index (χ1) is 9.31. The molecule has 0 unspecified atom stereocenters. The molecule has 0 saturated carbocycles. The minimum atomic E-state index is 0.180. The summed E-state index contributed by atoms with van der Waals surface area (Å²) < 4.78 is 5.42. The zero-order valence-electron chi connectivity index (χ0n) is 9.69. The summed E-state index contributed by atoms with van der Waals surface area (Å²) >= 11 is 0. The molecule has 7 nitrogen and oxygen atoms in total. The summed E-state index contributed by atoms with van der Waals surface area (Å²) in [6, 6.07) is 8.38. The minimum absolute atomic E-state index is 0.180. The van der Waals surface area contributed by atoms with Crippen LogP contribution in [0.15, 0.2) is 47.1 Å². The summed E-state index contributed by atoms with van der Waals surface area (Å²) in [4.78, 5) is 7.97. The van der Waals surface area contributed by atoms with Gasteiger partial charge in [-0.15, -0.1) is 5.10 Å². The van der Waals surface area contributed by atoms with Gasteiger partial charge in [-0.25, -0.2) is 9.97 Å². The molecule has 3 rings (SSSR count). The van der Waals surface area contributed by atoms with Crippen molar-refractivity contribution in [3.63, 3.8) is 0 Å². The van der Waals surface area contributed by atoms with E-state index in [4.69, 9.17) is 4.42 Å². The lowest BCUT2D eigenvalue weighted by atomic mass is 10.2. The Labute approximate surface area is 108 Å². The van der Waals surface area contributed by atoms with Crippen LogP contribution in [0.3, 0.4) is 0 Å². The van der Waals surface area contributed by atoms with Crippen molar-refractivity contribution in [2.75, 3.05) is 5.32 Å². The maximum absolute atomic E-state index is 9.21. The molecule has 94 valence electrons. The van der Waals surface area contributed by atoms with Gasteiger partial charge in [-0.2, -0.15) is 0 Å². The average Bonchev–Trinajstić information content (AvgIpc) is 2.89. The first-order valence-corrected chi connectivity index (χ1v) is 5.48. The van der Waals surface area contributed by atoms with Gasteiger partial charge in [0.15, 0.2) is 0 Å². The van der Waals surface area contributed by atoms with Gasteiger partial charge in [0.25, 0.3) is 0 Å². The lowest BCUT2D eigenvalue weighted by molar-refractivity contribution is 0.475. The van der Waals surface area contributed by atoms with Crippen LogP contribution in [0.4, 0.5) is 12.0 Å². The average molecular weight is 255 g/mol. The monoisotopic (exact) mass is 255 g/mol. The van der Waals surface area contributed by atoms with Gasteiger partial charge in [0.1, 0.15) is 5.75 Å². The second-order valence-corrected chi connectivity index (χ2v) is 3.66. The van der Waals surface area contributed by atoms with Crippen LogP contribution < -0.4 is 5.32 Å². The summed E-state index contributed by atoms with van der Waals surface area (Å²) in [7, 11) is 0. The van der Waals surface area contributed by atoms with Gasteiger partial charge in [-0.1, -0.05) is 5.10 Å². The van der Waals surface area contributed by atoms with E-state index in [-0.39, 0.29) is 11.8 Å². The molecular weight excluding hydrogens is 246 g/mol. The van der Waals surface area contributed by atoms with Crippen molar-refractivity contribution in [2.24, 2.45) is 0 Å². The van der Waals surface area contributed by atoms with E-state index in [1.54, 1.807) is 42.7 Å².